The van der Waals surface area contributed by atoms with Crippen molar-refractivity contribution in [2.45, 2.75) is 180 Å². The molecule has 9 fully saturated rings. The minimum atomic E-state index is -0.736. The van der Waals surface area contributed by atoms with Gasteiger partial charge in [0.15, 0.2) is 6.29 Å². The lowest BCUT2D eigenvalue weighted by atomic mass is 9.43. The molecule has 14 atom stereocenters. The standard InChI is InChI=1S/C45H76N4O6/c1-27(2)37(55-40(51)48-18-9-19-48)31-24-29(5)36-38(53-31)39(50)45(46)33-11-10-32-41(6,7)34(12-15-43(32)26-44(33,43)17-16-42(36,45)8)54-35-25-49(22-23-52-35)30-13-20-47(21-14-30)28(3)4/h27-39,50H,9-26,46H2,1-8H3/t29-,31?,32+,33?,34+,35+,36+,37-,38?,39+,42-,43-,44+,45+/m1/s1. The highest BCUT2D eigenvalue weighted by molar-refractivity contribution is 5.68. The first kappa shape index (κ1) is 39.5. The van der Waals surface area contributed by atoms with Crippen LogP contribution < -0.4 is 5.73 Å². The molecule has 0 aromatic rings. The van der Waals surface area contributed by atoms with E-state index in [1.807, 2.05) is 0 Å². The molecule has 55 heavy (non-hydrogen) atoms. The van der Waals surface area contributed by atoms with E-state index in [-0.39, 0.29) is 76.2 Å². The third kappa shape index (κ3) is 5.74. The van der Waals surface area contributed by atoms with Crippen LogP contribution in [0.15, 0.2) is 0 Å². The van der Waals surface area contributed by atoms with Gasteiger partial charge in [-0.25, -0.2) is 4.79 Å². The van der Waals surface area contributed by atoms with Crippen molar-refractivity contribution in [3.63, 3.8) is 0 Å². The molecular formula is C45H76N4O6. The van der Waals surface area contributed by atoms with E-state index in [9.17, 15) is 9.90 Å². The van der Waals surface area contributed by atoms with Crippen molar-refractivity contribution < 1.29 is 28.8 Å². The number of nitrogens with zero attached hydrogens (tertiary/aromatic N) is 3. The number of fused-ring (bicyclic) bond motifs is 4. The second-order valence-electron chi connectivity index (χ2n) is 21.9. The zero-order valence-corrected chi connectivity index (χ0v) is 35.6. The summed E-state index contributed by atoms with van der Waals surface area (Å²) in [5.41, 5.74) is 7.50. The number of morpholine rings is 1. The molecule has 2 spiro atoms. The summed E-state index contributed by atoms with van der Waals surface area (Å²) in [5, 5.41) is 12.7. The molecule has 5 aliphatic carbocycles. The van der Waals surface area contributed by atoms with Crippen LogP contribution in [-0.2, 0) is 18.9 Å². The van der Waals surface area contributed by atoms with Crippen molar-refractivity contribution in [1.29, 1.82) is 0 Å². The maximum absolute atomic E-state index is 13.0. The van der Waals surface area contributed by atoms with Gasteiger partial charge >= 0.3 is 6.09 Å². The number of ether oxygens (including phenoxy) is 4. The summed E-state index contributed by atoms with van der Waals surface area (Å²) in [6.45, 7) is 25.2. The van der Waals surface area contributed by atoms with Gasteiger partial charge in [0.2, 0.25) is 0 Å². The van der Waals surface area contributed by atoms with Gasteiger partial charge in [0.25, 0.3) is 0 Å². The largest absolute Gasteiger partial charge is 0.443 e. The van der Waals surface area contributed by atoms with Gasteiger partial charge in [-0.05, 0) is 149 Å². The lowest BCUT2D eigenvalue weighted by Gasteiger charge is -2.63. The minimum absolute atomic E-state index is 0.0376. The van der Waals surface area contributed by atoms with Crippen LogP contribution in [0.4, 0.5) is 4.79 Å². The molecule has 10 nitrogen and oxygen atoms in total. The SMILES string of the molecule is CC(C)[C@@H](OC(=O)N1CCC1)C1C[C@@H](C)[C@H]2C(O1)[C@H](O)[C@@]1(N)C3CC[C@H]4C(C)(C)[C@@H](O[C@H]5CN(C6CCN(C(C)C)CC6)CCO5)CC[C@@]45C[C@@]35CC[C@]21C. The maximum atomic E-state index is 13.0. The van der Waals surface area contributed by atoms with E-state index in [1.165, 1.54) is 45.2 Å². The van der Waals surface area contributed by atoms with Crippen molar-refractivity contribution >= 4 is 6.09 Å². The summed E-state index contributed by atoms with van der Waals surface area (Å²) in [4.78, 5) is 20.1. The molecule has 3 N–H and O–H groups in total. The number of carbonyl (C=O) groups excluding carboxylic acids is 1. The average Bonchev–Trinajstić information content (AvgIpc) is 3.75. The van der Waals surface area contributed by atoms with Crippen LogP contribution in [0, 0.1) is 51.2 Å². The van der Waals surface area contributed by atoms with E-state index in [0.717, 1.165) is 71.3 Å². The fourth-order valence-corrected chi connectivity index (χ4v) is 15.7. The number of carbonyl (C=O) groups is 1. The average molecular weight is 769 g/mol. The normalized spacial score (nSPS) is 48.9. The summed E-state index contributed by atoms with van der Waals surface area (Å²) in [6.07, 6.45) is 10.4. The number of aliphatic hydroxyl groups excluding tert-OH is 1. The van der Waals surface area contributed by atoms with E-state index in [1.54, 1.807) is 4.90 Å². The van der Waals surface area contributed by atoms with Crippen LogP contribution in [-0.4, -0.2) is 126 Å². The highest BCUT2D eigenvalue weighted by Crippen LogP contribution is 2.87. The highest BCUT2D eigenvalue weighted by atomic mass is 16.7. The zero-order valence-electron chi connectivity index (χ0n) is 35.6. The van der Waals surface area contributed by atoms with E-state index >= 15 is 0 Å². The van der Waals surface area contributed by atoms with E-state index in [0.29, 0.717) is 23.9 Å². The van der Waals surface area contributed by atoms with Gasteiger partial charge < -0.3 is 39.6 Å². The molecule has 9 rings (SSSR count). The summed E-state index contributed by atoms with van der Waals surface area (Å²) in [7, 11) is 0. The predicted molar refractivity (Wildman–Crippen MR) is 212 cm³/mol. The Morgan fingerprint density at radius 3 is 2.29 bits per heavy atom. The molecule has 10 heteroatoms. The number of rotatable bonds is 7. The molecule has 4 saturated heterocycles. The molecule has 9 aliphatic rings. The van der Waals surface area contributed by atoms with Crippen LogP contribution in [0.1, 0.15) is 126 Å². The van der Waals surface area contributed by atoms with Crippen LogP contribution in [0.3, 0.4) is 0 Å². The van der Waals surface area contributed by atoms with Gasteiger partial charge in [-0.15, -0.1) is 0 Å². The Labute approximate surface area is 332 Å². The van der Waals surface area contributed by atoms with Crippen LogP contribution in [0.2, 0.25) is 0 Å². The van der Waals surface area contributed by atoms with Crippen LogP contribution in [0.5, 0.6) is 0 Å². The molecule has 1 amide bonds. The molecule has 312 valence electrons. The first-order chi connectivity index (χ1) is 26.1. The number of piperidine rings is 1. The Bertz CT molecular complexity index is 1450. The monoisotopic (exact) mass is 769 g/mol. The van der Waals surface area contributed by atoms with Crippen LogP contribution >= 0.6 is 0 Å². The van der Waals surface area contributed by atoms with Crippen molar-refractivity contribution in [1.82, 2.24) is 14.7 Å². The fourth-order valence-electron chi connectivity index (χ4n) is 15.7. The molecule has 0 radical (unpaired) electrons. The third-order valence-electron chi connectivity index (χ3n) is 18.8. The molecule has 0 aromatic carbocycles. The Morgan fingerprint density at radius 1 is 0.909 bits per heavy atom. The lowest BCUT2D eigenvalue weighted by molar-refractivity contribution is -0.249. The van der Waals surface area contributed by atoms with E-state index in [2.05, 4.69) is 65.2 Å². The van der Waals surface area contributed by atoms with Crippen molar-refractivity contribution in [3.8, 4) is 0 Å². The lowest BCUT2D eigenvalue weighted by Crippen LogP contribution is -2.70. The second-order valence-corrected chi connectivity index (χ2v) is 21.9. The van der Waals surface area contributed by atoms with E-state index in [4.69, 9.17) is 24.7 Å². The maximum Gasteiger partial charge on any atom is 0.410 e. The Morgan fingerprint density at radius 2 is 1.62 bits per heavy atom. The Hall–Kier alpha value is -1.01. The van der Waals surface area contributed by atoms with Gasteiger partial charge in [-0.3, -0.25) is 4.90 Å². The third-order valence-corrected chi connectivity index (χ3v) is 18.8. The number of nitrogens with two attached hydrogens (primary N) is 1. The van der Waals surface area contributed by atoms with Crippen LogP contribution in [0.25, 0.3) is 0 Å². The van der Waals surface area contributed by atoms with Crippen molar-refractivity contribution in [2.24, 2.45) is 57.0 Å². The first-order valence-corrected chi connectivity index (χ1v) is 22.9. The number of aliphatic hydroxyl groups is 1. The summed E-state index contributed by atoms with van der Waals surface area (Å²) < 4.78 is 26.6. The van der Waals surface area contributed by atoms with Gasteiger partial charge in [-0.2, -0.15) is 0 Å². The minimum Gasteiger partial charge on any atom is -0.443 e. The van der Waals surface area contributed by atoms with Crippen molar-refractivity contribution in [3.05, 3.63) is 0 Å². The van der Waals surface area contributed by atoms with Gasteiger partial charge in [0.05, 0.1) is 36.6 Å². The number of likely N-dealkylation sites (tertiary alicyclic amines) is 2. The molecule has 3 unspecified atom stereocenters. The smallest absolute Gasteiger partial charge is 0.410 e. The highest BCUT2D eigenvalue weighted by Gasteiger charge is 2.85. The van der Waals surface area contributed by atoms with Gasteiger partial charge in [0.1, 0.15) is 6.10 Å². The van der Waals surface area contributed by atoms with E-state index < -0.39 is 11.6 Å². The van der Waals surface area contributed by atoms with Gasteiger partial charge in [0, 0.05) is 38.3 Å². The Kier molecular flexibility index (Phi) is 9.88. The summed E-state index contributed by atoms with van der Waals surface area (Å²) in [6, 6.07) is 1.26. The van der Waals surface area contributed by atoms with Gasteiger partial charge in [-0.1, -0.05) is 41.5 Å². The second kappa shape index (κ2) is 13.8. The topological polar surface area (TPSA) is 110 Å². The number of hydrogen-bond acceptors (Lipinski definition) is 9. The Balaban J connectivity index is 0.894. The number of amides is 1. The number of hydrogen-bond donors (Lipinski definition) is 2. The molecule has 5 saturated carbocycles. The molecule has 0 aromatic heterocycles. The summed E-state index contributed by atoms with van der Waals surface area (Å²) in [5.74, 6) is 1.47. The van der Waals surface area contributed by atoms with Crippen molar-refractivity contribution in [2.75, 3.05) is 45.9 Å². The molecule has 4 aliphatic heterocycles. The molecular weight excluding hydrogens is 693 g/mol. The fraction of sp³-hybridized carbons (Fsp3) is 0.978. The zero-order chi connectivity index (χ0) is 38.9. The predicted octanol–water partition coefficient (Wildman–Crippen LogP) is 6.27. The quantitative estimate of drug-likeness (QED) is 0.310. The molecule has 4 heterocycles. The first-order valence-electron chi connectivity index (χ1n) is 22.9. The molecule has 0 bridgehead atoms. The summed E-state index contributed by atoms with van der Waals surface area (Å²) >= 11 is 0.